The van der Waals surface area contributed by atoms with Gasteiger partial charge in [-0.05, 0) is 23.8 Å². The van der Waals surface area contributed by atoms with Gasteiger partial charge < -0.3 is 19.5 Å². The highest BCUT2D eigenvalue weighted by molar-refractivity contribution is 8.15. The molecule has 1 saturated heterocycles. The number of rotatable bonds is 6. The van der Waals surface area contributed by atoms with Crippen molar-refractivity contribution in [3.05, 3.63) is 23.8 Å². The standard InChI is InChI=1S/C15H17N3O5S/c1-21-10-5-4-9(6-11(10)22-2)8-16-18-15-17-14(20)12(24-15)7-13(19)23-3/h4-6,8,12H,7H2,1-3H3,(H,17,18,20)/b16-8-/t12-/m1/s1. The number of benzene rings is 1. The highest BCUT2D eigenvalue weighted by atomic mass is 32.2. The van der Waals surface area contributed by atoms with Crippen molar-refractivity contribution in [1.82, 2.24) is 5.32 Å². The Balaban J connectivity index is 2.02. The number of carbonyl (C=O) groups is 2. The molecule has 1 aromatic carbocycles. The number of ether oxygens (including phenoxy) is 3. The molecule has 1 aromatic rings. The van der Waals surface area contributed by atoms with Crippen LogP contribution in [0.2, 0.25) is 0 Å². The summed E-state index contributed by atoms with van der Waals surface area (Å²) >= 11 is 1.14. The van der Waals surface area contributed by atoms with Gasteiger partial charge in [-0.3, -0.25) is 9.59 Å². The number of esters is 1. The van der Waals surface area contributed by atoms with Gasteiger partial charge in [0.05, 0.1) is 34.0 Å². The molecular formula is C15H17N3O5S. The molecule has 0 unspecified atom stereocenters. The van der Waals surface area contributed by atoms with Crippen LogP contribution >= 0.6 is 11.8 Å². The molecule has 1 N–H and O–H groups in total. The second kappa shape index (κ2) is 8.34. The summed E-state index contributed by atoms with van der Waals surface area (Å²) in [4.78, 5) is 22.9. The van der Waals surface area contributed by atoms with Gasteiger partial charge in [0, 0.05) is 0 Å². The number of thioether (sulfide) groups is 1. The summed E-state index contributed by atoms with van der Waals surface area (Å²) in [7, 11) is 4.38. The van der Waals surface area contributed by atoms with E-state index in [4.69, 9.17) is 9.47 Å². The molecule has 1 aliphatic heterocycles. The van der Waals surface area contributed by atoms with E-state index in [0.29, 0.717) is 16.7 Å². The van der Waals surface area contributed by atoms with Crippen LogP contribution in [0.25, 0.3) is 0 Å². The molecule has 0 aliphatic carbocycles. The van der Waals surface area contributed by atoms with Crippen LogP contribution in [0.5, 0.6) is 11.5 Å². The van der Waals surface area contributed by atoms with E-state index >= 15 is 0 Å². The Morgan fingerprint density at radius 2 is 2.04 bits per heavy atom. The van der Waals surface area contributed by atoms with Crippen molar-refractivity contribution in [2.24, 2.45) is 10.2 Å². The van der Waals surface area contributed by atoms with Crippen molar-refractivity contribution < 1.29 is 23.8 Å². The molecule has 24 heavy (non-hydrogen) atoms. The molecule has 128 valence electrons. The normalized spacial score (nSPS) is 18.7. The minimum absolute atomic E-state index is 0.00852. The first-order valence-corrected chi connectivity index (χ1v) is 7.82. The highest BCUT2D eigenvalue weighted by Gasteiger charge is 2.32. The number of hydrogen-bond donors (Lipinski definition) is 1. The second-order valence-corrected chi connectivity index (χ2v) is 5.83. The van der Waals surface area contributed by atoms with E-state index in [2.05, 4.69) is 20.3 Å². The van der Waals surface area contributed by atoms with Crippen LogP contribution in [-0.2, 0) is 14.3 Å². The summed E-state index contributed by atoms with van der Waals surface area (Å²) in [6, 6.07) is 5.31. The summed E-state index contributed by atoms with van der Waals surface area (Å²) in [5.41, 5.74) is 0.762. The maximum Gasteiger partial charge on any atom is 0.307 e. The van der Waals surface area contributed by atoms with E-state index in [1.165, 1.54) is 13.3 Å². The van der Waals surface area contributed by atoms with Crippen molar-refractivity contribution >= 4 is 35.0 Å². The Labute approximate surface area is 143 Å². The lowest BCUT2D eigenvalue weighted by molar-refractivity contribution is -0.141. The largest absolute Gasteiger partial charge is 0.493 e. The van der Waals surface area contributed by atoms with Crippen LogP contribution in [0.1, 0.15) is 12.0 Å². The fraction of sp³-hybridized carbons (Fsp3) is 0.333. The van der Waals surface area contributed by atoms with Gasteiger partial charge in [-0.25, -0.2) is 0 Å². The average molecular weight is 351 g/mol. The molecule has 1 atom stereocenters. The van der Waals surface area contributed by atoms with Gasteiger partial charge in [-0.2, -0.15) is 5.10 Å². The third-order valence-corrected chi connectivity index (χ3v) is 4.19. The quantitative estimate of drug-likeness (QED) is 0.470. The Morgan fingerprint density at radius 3 is 2.71 bits per heavy atom. The Morgan fingerprint density at radius 1 is 1.29 bits per heavy atom. The van der Waals surface area contributed by atoms with Crippen molar-refractivity contribution in [1.29, 1.82) is 0 Å². The first-order chi connectivity index (χ1) is 11.6. The number of amidine groups is 1. The molecular weight excluding hydrogens is 334 g/mol. The lowest BCUT2D eigenvalue weighted by Crippen LogP contribution is -2.26. The van der Waals surface area contributed by atoms with Crippen LogP contribution in [0.4, 0.5) is 0 Å². The first-order valence-electron chi connectivity index (χ1n) is 6.94. The molecule has 0 bridgehead atoms. The van der Waals surface area contributed by atoms with E-state index in [0.717, 1.165) is 17.3 Å². The molecule has 2 rings (SSSR count). The van der Waals surface area contributed by atoms with Gasteiger partial charge in [0.2, 0.25) is 5.91 Å². The number of nitrogens with one attached hydrogen (secondary N) is 1. The minimum atomic E-state index is -0.549. The van der Waals surface area contributed by atoms with Crippen LogP contribution in [0.3, 0.4) is 0 Å². The molecule has 0 radical (unpaired) electrons. The van der Waals surface area contributed by atoms with Crippen LogP contribution in [0, 0.1) is 0 Å². The van der Waals surface area contributed by atoms with Gasteiger partial charge in [-0.1, -0.05) is 11.8 Å². The summed E-state index contributed by atoms with van der Waals surface area (Å²) in [5, 5.41) is 10.2. The maximum atomic E-state index is 11.7. The molecule has 8 nitrogen and oxygen atoms in total. The molecule has 0 saturated carbocycles. The summed E-state index contributed by atoms with van der Waals surface area (Å²) in [6.07, 6.45) is 1.51. The fourth-order valence-corrected chi connectivity index (χ4v) is 2.81. The lowest BCUT2D eigenvalue weighted by atomic mass is 10.2. The third kappa shape index (κ3) is 4.48. The molecule has 1 aliphatic rings. The van der Waals surface area contributed by atoms with Gasteiger partial charge in [0.15, 0.2) is 16.7 Å². The topological polar surface area (TPSA) is 98.6 Å². The van der Waals surface area contributed by atoms with E-state index in [9.17, 15) is 9.59 Å². The summed E-state index contributed by atoms with van der Waals surface area (Å²) < 4.78 is 14.9. The van der Waals surface area contributed by atoms with Gasteiger partial charge in [0.1, 0.15) is 5.25 Å². The fourth-order valence-electron chi connectivity index (χ4n) is 1.90. The molecule has 0 aromatic heterocycles. The number of carbonyl (C=O) groups excluding carboxylic acids is 2. The second-order valence-electron chi connectivity index (χ2n) is 4.64. The summed E-state index contributed by atoms with van der Waals surface area (Å²) in [5.74, 6) is 0.462. The van der Waals surface area contributed by atoms with Crippen molar-refractivity contribution in [3.63, 3.8) is 0 Å². The van der Waals surface area contributed by atoms with Crippen molar-refractivity contribution in [2.45, 2.75) is 11.7 Å². The maximum absolute atomic E-state index is 11.7. The first kappa shape index (κ1) is 17.8. The molecule has 9 heteroatoms. The Hall–Kier alpha value is -2.55. The Kier molecular flexibility index (Phi) is 6.19. The zero-order valence-electron chi connectivity index (χ0n) is 13.4. The number of methoxy groups -OCH3 is 3. The van der Waals surface area contributed by atoms with Crippen molar-refractivity contribution in [2.75, 3.05) is 21.3 Å². The SMILES string of the molecule is COC(=O)C[C@H]1S/C(=N/N=C\c2ccc(OC)c(OC)c2)NC1=O. The predicted molar refractivity (Wildman–Crippen MR) is 90.7 cm³/mol. The number of nitrogens with zero attached hydrogens (tertiary/aromatic N) is 2. The average Bonchev–Trinajstić information content (AvgIpc) is 2.94. The zero-order chi connectivity index (χ0) is 17.5. The minimum Gasteiger partial charge on any atom is -0.493 e. The van der Waals surface area contributed by atoms with Gasteiger partial charge in [0.25, 0.3) is 0 Å². The lowest BCUT2D eigenvalue weighted by Gasteiger charge is -2.07. The van der Waals surface area contributed by atoms with E-state index in [1.54, 1.807) is 32.4 Å². The van der Waals surface area contributed by atoms with E-state index in [-0.39, 0.29) is 12.3 Å². The van der Waals surface area contributed by atoms with Gasteiger partial charge in [-0.15, -0.1) is 5.10 Å². The highest BCUT2D eigenvalue weighted by Crippen LogP contribution is 2.27. The molecule has 1 fully saturated rings. The zero-order valence-corrected chi connectivity index (χ0v) is 14.3. The molecule has 1 amide bonds. The van der Waals surface area contributed by atoms with Crippen LogP contribution in [0.15, 0.2) is 28.4 Å². The van der Waals surface area contributed by atoms with Crippen molar-refractivity contribution in [3.8, 4) is 11.5 Å². The third-order valence-electron chi connectivity index (χ3n) is 3.12. The monoisotopic (exact) mass is 351 g/mol. The van der Waals surface area contributed by atoms with E-state index < -0.39 is 11.2 Å². The summed E-state index contributed by atoms with van der Waals surface area (Å²) in [6.45, 7) is 0. The number of amides is 1. The smallest absolute Gasteiger partial charge is 0.307 e. The molecule has 1 heterocycles. The van der Waals surface area contributed by atoms with Gasteiger partial charge >= 0.3 is 5.97 Å². The molecule has 0 spiro atoms. The van der Waals surface area contributed by atoms with Crippen LogP contribution in [-0.4, -0.2) is 49.8 Å². The Bertz CT molecular complexity index is 690. The predicted octanol–water partition coefficient (Wildman–Crippen LogP) is 1.19. The number of hydrogen-bond acceptors (Lipinski definition) is 8. The van der Waals surface area contributed by atoms with E-state index in [1.807, 2.05) is 0 Å². The van der Waals surface area contributed by atoms with Crippen LogP contribution < -0.4 is 14.8 Å².